The van der Waals surface area contributed by atoms with E-state index in [-0.39, 0.29) is 22.9 Å². The van der Waals surface area contributed by atoms with E-state index in [0.29, 0.717) is 12.2 Å². The molecule has 8 heteroatoms. The van der Waals surface area contributed by atoms with Crippen LogP contribution in [0.15, 0.2) is 36.7 Å². The fraction of sp³-hybridized carbons (Fsp3) is 0.455. The summed E-state index contributed by atoms with van der Waals surface area (Å²) in [6, 6.07) is 10.6. The molecule has 1 aromatic carbocycles. The number of urea groups is 1. The number of anilines is 1. The standard InChI is InChI=1S/C22H27N6OP/c1-26(2)22(16-5-4-6-18(30)11-16)9-7-21(8-10-22)15-28(20(29)27(21)3)17-13-24-19(12-23)25-14-17/h4-6,11,13-14H,7-10,15,30H2,1-3H3. The van der Waals surface area contributed by atoms with E-state index < -0.39 is 0 Å². The number of carbonyl (C=O) groups is 1. The molecule has 2 heterocycles. The van der Waals surface area contributed by atoms with Crippen LogP contribution in [0.5, 0.6) is 0 Å². The Morgan fingerprint density at radius 2 is 1.83 bits per heavy atom. The summed E-state index contributed by atoms with van der Waals surface area (Å²) in [5.41, 5.74) is 1.73. The van der Waals surface area contributed by atoms with Gasteiger partial charge in [0, 0.05) is 12.6 Å². The number of carbonyl (C=O) groups excluding carboxylic acids is 1. The van der Waals surface area contributed by atoms with Crippen molar-refractivity contribution >= 4 is 26.3 Å². The van der Waals surface area contributed by atoms with E-state index in [1.165, 1.54) is 10.9 Å². The van der Waals surface area contributed by atoms with Gasteiger partial charge >= 0.3 is 6.03 Å². The number of hydrogen-bond acceptors (Lipinski definition) is 5. The summed E-state index contributed by atoms with van der Waals surface area (Å²) < 4.78 is 0. The van der Waals surface area contributed by atoms with Gasteiger partial charge in [-0.2, -0.15) is 5.26 Å². The molecule has 7 nitrogen and oxygen atoms in total. The van der Waals surface area contributed by atoms with E-state index in [9.17, 15) is 4.79 Å². The van der Waals surface area contributed by atoms with Gasteiger partial charge in [-0.05, 0) is 56.7 Å². The topological polar surface area (TPSA) is 76.4 Å². The maximum Gasteiger partial charge on any atom is 0.324 e. The number of rotatable bonds is 3. The maximum atomic E-state index is 13.1. The highest BCUT2D eigenvalue weighted by Gasteiger charge is 2.53. The first kappa shape index (κ1) is 20.7. The van der Waals surface area contributed by atoms with Crippen LogP contribution in [0.4, 0.5) is 10.5 Å². The molecule has 1 aromatic heterocycles. The van der Waals surface area contributed by atoms with Crippen LogP contribution in [-0.4, -0.2) is 59.0 Å². The Kier molecular flexibility index (Phi) is 5.25. The lowest BCUT2D eigenvalue weighted by atomic mass is 9.68. The van der Waals surface area contributed by atoms with Crippen LogP contribution in [-0.2, 0) is 5.54 Å². The summed E-state index contributed by atoms with van der Waals surface area (Å²) in [6.45, 7) is 0.616. The zero-order valence-electron chi connectivity index (χ0n) is 17.7. The molecule has 0 N–H and O–H groups in total. The summed E-state index contributed by atoms with van der Waals surface area (Å²) in [5.74, 6) is 0.109. The second-order valence-electron chi connectivity index (χ2n) is 8.58. The molecular weight excluding hydrogens is 395 g/mol. The minimum absolute atomic E-state index is 0.0346. The molecule has 2 fully saturated rings. The molecule has 0 radical (unpaired) electrons. The SMILES string of the molecule is CN1C(=O)N(c2cnc(C#N)nc2)CC12CCC(c1cccc(P)c1)(N(C)C)CC2. The Balaban J connectivity index is 1.59. The molecular formula is C22H27N6OP. The van der Waals surface area contributed by atoms with Gasteiger partial charge in [0.25, 0.3) is 0 Å². The molecule has 4 rings (SSSR count). The fourth-order valence-electron chi connectivity index (χ4n) is 5.02. The van der Waals surface area contributed by atoms with E-state index in [1.54, 1.807) is 17.3 Å². The van der Waals surface area contributed by atoms with Crippen molar-refractivity contribution in [3.63, 3.8) is 0 Å². The molecule has 1 aliphatic heterocycles. The Bertz CT molecular complexity index is 991. The Labute approximate surface area is 179 Å². The number of nitrogens with zero attached hydrogens (tertiary/aromatic N) is 6. The fourth-order valence-corrected chi connectivity index (χ4v) is 5.31. The van der Waals surface area contributed by atoms with Crippen LogP contribution in [0.2, 0.25) is 0 Å². The van der Waals surface area contributed by atoms with Gasteiger partial charge in [-0.3, -0.25) is 9.80 Å². The molecule has 1 aliphatic carbocycles. The van der Waals surface area contributed by atoms with Crippen LogP contribution < -0.4 is 10.2 Å². The molecule has 1 saturated carbocycles. The van der Waals surface area contributed by atoms with Crippen molar-refractivity contribution in [3.05, 3.63) is 48.0 Å². The Morgan fingerprint density at radius 1 is 1.17 bits per heavy atom. The van der Waals surface area contributed by atoms with Crippen molar-refractivity contribution in [3.8, 4) is 6.07 Å². The summed E-state index contributed by atoms with van der Waals surface area (Å²) in [7, 11) is 9.00. The van der Waals surface area contributed by atoms with Crippen LogP contribution in [0.25, 0.3) is 0 Å². The van der Waals surface area contributed by atoms with Crippen molar-refractivity contribution in [2.75, 3.05) is 32.6 Å². The van der Waals surface area contributed by atoms with E-state index in [4.69, 9.17) is 5.26 Å². The number of amides is 2. The number of hydrogen-bond donors (Lipinski definition) is 0. The molecule has 156 valence electrons. The first-order valence-electron chi connectivity index (χ1n) is 10.1. The predicted octanol–water partition coefficient (Wildman–Crippen LogP) is 2.49. The van der Waals surface area contributed by atoms with Gasteiger partial charge < -0.3 is 4.90 Å². The third kappa shape index (κ3) is 3.25. The molecule has 1 unspecified atom stereocenters. The molecule has 2 amide bonds. The van der Waals surface area contributed by atoms with Gasteiger partial charge in [0.1, 0.15) is 6.07 Å². The number of likely N-dealkylation sites (N-methyl/N-ethyl adjacent to an activating group) is 1. The van der Waals surface area contributed by atoms with Crippen LogP contribution in [0.3, 0.4) is 0 Å². The monoisotopic (exact) mass is 422 g/mol. The van der Waals surface area contributed by atoms with Crippen LogP contribution >= 0.6 is 9.24 Å². The Morgan fingerprint density at radius 3 is 2.40 bits per heavy atom. The highest BCUT2D eigenvalue weighted by molar-refractivity contribution is 7.27. The average molecular weight is 422 g/mol. The minimum atomic E-state index is -0.205. The average Bonchev–Trinajstić information content (AvgIpc) is 3.00. The van der Waals surface area contributed by atoms with Gasteiger partial charge in [-0.15, -0.1) is 9.24 Å². The van der Waals surface area contributed by atoms with E-state index >= 15 is 0 Å². The van der Waals surface area contributed by atoms with E-state index in [1.807, 2.05) is 18.0 Å². The second-order valence-corrected chi connectivity index (χ2v) is 9.25. The molecule has 0 bridgehead atoms. The summed E-state index contributed by atoms with van der Waals surface area (Å²) in [4.78, 5) is 27.1. The minimum Gasteiger partial charge on any atom is -0.320 e. The molecule has 30 heavy (non-hydrogen) atoms. The number of aromatic nitrogens is 2. The van der Waals surface area contributed by atoms with Gasteiger partial charge in [-0.1, -0.05) is 18.2 Å². The van der Waals surface area contributed by atoms with Gasteiger partial charge in [0.15, 0.2) is 0 Å². The number of nitriles is 1. The van der Waals surface area contributed by atoms with E-state index in [0.717, 1.165) is 25.7 Å². The van der Waals surface area contributed by atoms with Crippen molar-refractivity contribution in [2.24, 2.45) is 0 Å². The molecule has 1 spiro atoms. The Hall–Kier alpha value is -2.55. The number of benzene rings is 1. The first-order chi connectivity index (χ1) is 14.3. The highest BCUT2D eigenvalue weighted by Crippen LogP contribution is 2.48. The largest absolute Gasteiger partial charge is 0.324 e. The summed E-state index contributed by atoms with van der Waals surface area (Å²) in [5, 5.41) is 10.1. The molecule has 1 saturated heterocycles. The predicted molar refractivity (Wildman–Crippen MR) is 120 cm³/mol. The second kappa shape index (κ2) is 7.61. The molecule has 1 atom stereocenters. The van der Waals surface area contributed by atoms with Crippen LogP contribution in [0.1, 0.15) is 37.1 Å². The van der Waals surface area contributed by atoms with Crippen molar-refractivity contribution in [1.29, 1.82) is 5.26 Å². The molecule has 2 aliphatic rings. The van der Waals surface area contributed by atoms with Crippen molar-refractivity contribution in [2.45, 2.75) is 36.8 Å². The van der Waals surface area contributed by atoms with Gasteiger partial charge in [0.2, 0.25) is 5.82 Å². The smallest absolute Gasteiger partial charge is 0.320 e. The van der Waals surface area contributed by atoms with Crippen LogP contribution in [0, 0.1) is 11.3 Å². The lowest BCUT2D eigenvalue weighted by molar-refractivity contribution is 0.0341. The third-order valence-electron chi connectivity index (χ3n) is 7.02. The third-order valence-corrected chi connectivity index (χ3v) is 7.38. The normalized spacial score (nSPS) is 26.5. The lowest BCUT2D eigenvalue weighted by Crippen LogP contribution is -2.54. The van der Waals surface area contributed by atoms with E-state index in [2.05, 4.69) is 62.5 Å². The quantitative estimate of drug-likeness (QED) is 0.711. The molecule has 2 aromatic rings. The van der Waals surface area contributed by atoms with Gasteiger partial charge in [0.05, 0.1) is 30.2 Å². The van der Waals surface area contributed by atoms with Gasteiger partial charge in [-0.25, -0.2) is 14.8 Å². The zero-order chi connectivity index (χ0) is 21.5. The first-order valence-corrected chi connectivity index (χ1v) is 10.7. The van der Waals surface area contributed by atoms with Crippen molar-refractivity contribution < 1.29 is 4.79 Å². The summed E-state index contributed by atoms with van der Waals surface area (Å²) >= 11 is 0. The zero-order valence-corrected chi connectivity index (χ0v) is 18.8. The maximum absolute atomic E-state index is 13.1. The van der Waals surface area contributed by atoms with Crippen molar-refractivity contribution in [1.82, 2.24) is 19.8 Å². The highest BCUT2D eigenvalue weighted by atomic mass is 31.0. The summed E-state index contributed by atoms with van der Waals surface area (Å²) in [6.07, 6.45) is 6.92. The lowest BCUT2D eigenvalue weighted by Gasteiger charge is -2.50.